The van der Waals surface area contributed by atoms with Crippen molar-refractivity contribution in [3.05, 3.63) is 150 Å². The Morgan fingerprint density at radius 3 is 1.78 bits per heavy atom. The summed E-state index contributed by atoms with van der Waals surface area (Å²) in [6.45, 7) is 2.85. The fourth-order valence-corrected chi connectivity index (χ4v) is 5.38. The number of hydrogen-bond donors (Lipinski definition) is 7. The van der Waals surface area contributed by atoms with E-state index in [1.54, 1.807) is 36.4 Å². The van der Waals surface area contributed by atoms with Gasteiger partial charge in [-0.05, 0) is 70.8 Å². The fourth-order valence-electron chi connectivity index (χ4n) is 5.38. The van der Waals surface area contributed by atoms with Crippen LogP contribution in [0.4, 0.5) is 29.2 Å². The molecule has 0 aliphatic rings. The monoisotopic (exact) mass is 740 g/mol. The number of aromatic nitrogens is 3. The first-order valence-corrected chi connectivity index (χ1v) is 18.0. The number of aliphatic hydroxyl groups is 1. The molecule has 282 valence electrons. The van der Waals surface area contributed by atoms with Crippen molar-refractivity contribution in [2.24, 2.45) is 0 Å². The number of aliphatic hydroxyl groups excluding tert-OH is 1. The Kier molecular flexibility index (Phi) is 14.1. The molecule has 13 heteroatoms. The first-order chi connectivity index (χ1) is 27.0. The Labute approximate surface area is 319 Å². The van der Waals surface area contributed by atoms with Gasteiger partial charge in [0.05, 0.1) is 26.4 Å². The molecular formula is C42H44N8O5. The lowest BCUT2D eigenvalue weighted by atomic mass is 10.0. The van der Waals surface area contributed by atoms with E-state index in [4.69, 9.17) is 9.47 Å². The number of carbonyl (C=O) groups excluding carboxylic acids is 1. The number of phenols is 1. The number of amides is 1. The molecule has 0 spiro atoms. The number of benzene rings is 5. The number of rotatable bonds is 20. The maximum Gasteiger partial charge on any atom is 0.251 e. The van der Waals surface area contributed by atoms with E-state index in [-0.39, 0.29) is 23.6 Å². The van der Waals surface area contributed by atoms with Crippen LogP contribution in [0.2, 0.25) is 0 Å². The average molecular weight is 741 g/mol. The van der Waals surface area contributed by atoms with Gasteiger partial charge >= 0.3 is 0 Å². The van der Waals surface area contributed by atoms with Crippen molar-refractivity contribution in [3.63, 3.8) is 0 Å². The minimum absolute atomic E-state index is 0.136. The maximum absolute atomic E-state index is 12.1. The third-order valence-corrected chi connectivity index (χ3v) is 8.27. The highest BCUT2D eigenvalue weighted by molar-refractivity contribution is 5.94. The highest BCUT2D eigenvalue weighted by Gasteiger charge is 2.11. The molecule has 55 heavy (non-hydrogen) atoms. The molecule has 1 heterocycles. The molecule has 7 N–H and O–H groups in total. The van der Waals surface area contributed by atoms with Crippen LogP contribution in [0, 0.1) is 0 Å². The number of hydrogen-bond acceptors (Lipinski definition) is 12. The Balaban J connectivity index is 0.968. The third-order valence-electron chi connectivity index (χ3n) is 8.27. The van der Waals surface area contributed by atoms with Crippen LogP contribution in [0.15, 0.2) is 133 Å². The minimum Gasteiger partial charge on any atom is -0.508 e. The van der Waals surface area contributed by atoms with Gasteiger partial charge in [0.25, 0.3) is 5.91 Å². The molecule has 0 saturated heterocycles. The number of ether oxygens (including phenoxy) is 2. The molecule has 1 amide bonds. The topological polar surface area (TPSA) is 175 Å². The van der Waals surface area contributed by atoms with E-state index in [0.29, 0.717) is 74.5 Å². The first kappa shape index (κ1) is 38.3. The second-order valence-corrected chi connectivity index (χ2v) is 12.3. The van der Waals surface area contributed by atoms with Gasteiger partial charge in [-0.15, -0.1) is 0 Å². The molecule has 1 atom stereocenters. The highest BCUT2D eigenvalue weighted by atomic mass is 16.5. The molecule has 0 aliphatic heterocycles. The zero-order valence-electron chi connectivity index (χ0n) is 30.2. The molecule has 0 saturated carbocycles. The molecule has 0 aliphatic carbocycles. The zero-order chi connectivity index (χ0) is 38.1. The standard InChI is InChI=1S/C42H44N8O5/c51-37-21-19-36(20-22-37)47-42-49-40(44-24-26-55-28-27-54-25-23-43-38(52)33-9-5-2-6-10-33)48-41(50-42)46-35-17-15-34(16-18-35)39(53)45-29-30-11-13-32(14-12-30)31-7-3-1-4-8-31/h1-22,39,45,51,53H,23-29H2,(H,43,52)(H3,44,46,47,48,49,50). The summed E-state index contributed by atoms with van der Waals surface area (Å²) in [7, 11) is 0. The van der Waals surface area contributed by atoms with E-state index in [1.165, 1.54) is 0 Å². The Morgan fingerprint density at radius 1 is 0.600 bits per heavy atom. The summed E-state index contributed by atoms with van der Waals surface area (Å²) >= 11 is 0. The van der Waals surface area contributed by atoms with Crippen LogP contribution in [-0.2, 0) is 16.0 Å². The second kappa shape index (κ2) is 20.2. The van der Waals surface area contributed by atoms with E-state index in [0.717, 1.165) is 16.7 Å². The van der Waals surface area contributed by atoms with Crippen LogP contribution >= 0.6 is 0 Å². The summed E-state index contributed by atoms with van der Waals surface area (Å²) in [5.74, 6) is 0.905. The van der Waals surface area contributed by atoms with Gasteiger partial charge in [0.1, 0.15) is 12.0 Å². The van der Waals surface area contributed by atoms with Crippen molar-refractivity contribution in [2.45, 2.75) is 12.8 Å². The van der Waals surface area contributed by atoms with Gasteiger partial charge in [0.15, 0.2) is 0 Å². The normalized spacial score (nSPS) is 11.4. The van der Waals surface area contributed by atoms with Gasteiger partial charge < -0.3 is 41.0 Å². The van der Waals surface area contributed by atoms with Crippen molar-refractivity contribution < 1.29 is 24.5 Å². The van der Waals surface area contributed by atoms with Gasteiger partial charge in [-0.25, -0.2) is 0 Å². The number of nitrogens with one attached hydrogen (secondary N) is 5. The van der Waals surface area contributed by atoms with E-state index < -0.39 is 6.23 Å². The van der Waals surface area contributed by atoms with Crippen LogP contribution in [-0.4, -0.2) is 70.6 Å². The van der Waals surface area contributed by atoms with Gasteiger partial charge in [0.2, 0.25) is 17.8 Å². The summed E-state index contributed by atoms with van der Waals surface area (Å²) in [5, 5.41) is 36.1. The molecular weight excluding hydrogens is 697 g/mol. The van der Waals surface area contributed by atoms with E-state index >= 15 is 0 Å². The summed E-state index contributed by atoms with van der Waals surface area (Å²) in [5.41, 5.74) is 6.08. The molecule has 0 bridgehead atoms. The van der Waals surface area contributed by atoms with Crippen LogP contribution in [0.1, 0.15) is 27.7 Å². The number of anilines is 5. The third kappa shape index (κ3) is 12.3. The number of nitrogens with zero attached hydrogens (tertiary/aromatic N) is 3. The van der Waals surface area contributed by atoms with E-state index in [1.807, 2.05) is 60.7 Å². The largest absolute Gasteiger partial charge is 0.508 e. The smallest absolute Gasteiger partial charge is 0.251 e. The molecule has 13 nitrogen and oxygen atoms in total. The second-order valence-electron chi connectivity index (χ2n) is 12.3. The number of carbonyl (C=O) groups is 1. The van der Waals surface area contributed by atoms with Gasteiger partial charge in [-0.3, -0.25) is 10.1 Å². The fraction of sp³-hybridized carbons (Fsp3) is 0.190. The summed E-state index contributed by atoms with van der Waals surface area (Å²) < 4.78 is 11.2. The Hall–Kier alpha value is -6.38. The molecule has 6 aromatic rings. The Morgan fingerprint density at radius 2 is 1.15 bits per heavy atom. The molecule has 1 aromatic heterocycles. The van der Waals surface area contributed by atoms with Gasteiger partial charge in [-0.2, -0.15) is 15.0 Å². The van der Waals surface area contributed by atoms with Crippen LogP contribution in [0.5, 0.6) is 5.75 Å². The number of phenolic OH excluding ortho intramolecular Hbond substituents is 1. The molecule has 0 radical (unpaired) electrons. The predicted molar refractivity (Wildman–Crippen MR) is 214 cm³/mol. The zero-order valence-corrected chi connectivity index (χ0v) is 30.2. The lowest BCUT2D eigenvalue weighted by molar-refractivity contribution is 0.0519. The number of aromatic hydroxyl groups is 1. The van der Waals surface area contributed by atoms with Crippen molar-refractivity contribution >= 4 is 35.1 Å². The molecule has 0 fully saturated rings. The molecule has 6 rings (SSSR count). The lowest BCUT2D eigenvalue weighted by Gasteiger charge is -2.15. The van der Waals surface area contributed by atoms with Gasteiger partial charge in [0, 0.05) is 36.6 Å². The summed E-state index contributed by atoms with van der Waals surface area (Å²) in [4.78, 5) is 25.7. The maximum atomic E-state index is 12.1. The minimum atomic E-state index is -0.863. The highest BCUT2D eigenvalue weighted by Crippen LogP contribution is 2.23. The van der Waals surface area contributed by atoms with E-state index in [9.17, 15) is 15.0 Å². The SMILES string of the molecule is O=C(NCCOCCOCCNc1nc(Nc2ccc(O)cc2)nc(Nc2ccc(C(O)NCc3ccc(-c4ccccc4)cc3)cc2)n1)c1ccccc1. The Bertz CT molecular complexity index is 2050. The summed E-state index contributed by atoms with van der Waals surface area (Å²) in [6, 6.07) is 41.4. The lowest BCUT2D eigenvalue weighted by Crippen LogP contribution is -2.27. The van der Waals surface area contributed by atoms with Crippen molar-refractivity contribution in [1.29, 1.82) is 0 Å². The first-order valence-electron chi connectivity index (χ1n) is 18.0. The quantitative estimate of drug-likeness (QED) is 0.0262. The van der Waals surface area contributed by atoms with E-state index in [2.05, 4.69) is 77.9 Å². The predicted octanol–water partition coefficient (Wildman–Crippen LogP) is 6.39. The van der Waals surface area contributed by atoms with Crippen molar-refractivity contribution in [3.8, 4) is 16.9 Å². The van der Waals surface area contributed by atoms with Crippen LogP contribution in [0.25, 0.3) is 11.1 Å². The average Bonchev–Trinajstić information content (AvgIpc) is 3.22. The van der Waals surface area contributed by atoms with Gasteiger partial charge in [-0.1, -0.05) is 84.9 Å². The van der Waals surface area contributed by atoms with Crippen LogP contribution in [0.3, 0.4) is 0 Å². The van der Waals surface area contributed by atoms with Crippen molar-refractivity contribution in [1.82, 2.24) is 25.6 Å². The molecule has 5 aromatic carbocycles. The van der Waals surface area contributed by atoms with Crippen molar-refractivity contribution in [2.75, 3.05) is 55.5 Å². The summed E-state index contributed by atoms with van der Waals surface area (Å²) in [6.07, 6.45) is -0.863. The molecule has 1 unspecified atom stereocenters. The van der Waals surface area contributed by atoms with Crippen LogP contribution < -0.4 is 26.6 Å².